The number of hydrogen-bond donors (Lipinski definition) is 3. The molecule has 0 spiro atoms. The van der Waals surface area contributed by atoms with Gasteiger partial charge in [-0.05, 0) is 55.2 Å². The lowest BCUT2D eigenvalue weighted by atomic mass is 9.93. The summed E-state index contributed by atoms with van der Waals surface area (Å²) in [6, 6.07) is 7.63. The summed E-state index contributed by atoms with van der Waals surface area (Å²) in [6.07, 6.45) is 3.31. The van der Waals surface area contributed by atoms with E-state index in [0.717, 1.165) is 12.8 Å². The number of carboxylic acids is 1. The zero-order valence-corrected chi connectivity index (χ0v) is 16.8. The molecule has 1 aliphatic carbocycles. The number of nitrogens with one attached hydrogen (secondary N) is 2. The third kappa shape index (κ3) is 5.74. The average Bonchev–Trinajstić information content (AvgIpc) is 2.61. The van der Waals surface area contributed by atoms with Gasteiger partial charge in [0.15, 0.2) is 5.75 Å². The third-order valence-corrected chi connectivity index (χ3v) is 5.04. The van der Waals surface area contributed by atoms with Crippen LogP contribution in [0.2, 0.25) is 10.0 Å². The van der Waals surface area contributed by atoms with Crippen LogP contribution in [0.5, 0.6) is 5.75 Å². The van der Waals surface area contributed by atoms with Gasteiger partial charge in [-0.25, -0.2) is 4.39 Å². The van der Waals surface area contributed by atoms with E-state index in [9.17, 15) is 14.0 Å². The molecule has 0 aromatic heterocycles. The molecule has 0 heterocycles. The molecule has 0 atom stereocenters. The van der Waals surface area contributed by atoms with Gasteiger partial charge in [-0.15, -0.1) is 0 Å². The van der Waals surface area contributed by atoms with E-state index in [0.29, 0.717) is 17.3 Å². The Morgan fingerprint density at radius 3 is 2.41 bits per heavy atom. The summed E-state index contributed by atoms with van der Waals surface area (Å²) in [5.41, 5.74) is 1.39. The number of carbonyl (C=O) groups excluding carboxylic acids is 1. The Morgan fingerprint density at radius 1 is 1.14 bits per heavy atom. The van der Waals surface area contributed by atoms with E-state index in [2.05, 4.69) is 10.6 Å². The van der Waals surface area contributed by atoms with Crippen LogP contribution in [-0.4, -0.2) is 29.6 Å². The first kappa shape index (κ1) is 21.2. The molecule has 29 heavy (non-hydrogen) atoms. The summed E-state index contributed by atoms with van der Waals surface area (Å²) in [7, 11) is 0. The molecule has 2 aromatic carbocycles. The minimum absolute atomic E-state index is 0.0289. The van der Waals surface area contributed by atoms with Gasteiger partial charge in [-0.3, -0.25) is 9.59 Å². The molecule has 6 nitrogen and oxygen atoms in total. The van der Waals surface area contributed by atoms with Crippen LogP contribution in [0.15, 0.2) is 30.3 Å². The first-order valence-electron chi connectivity index (χ1n) is 8.99. The van der Waals surface area contributed by atoms with Gasteiger partial charge in [0.1, 0.15) is 19.0 Å². The van der Waals surface area contributed by atoms with Crippen LogP contribution in [-0.2, 0) is 11.4 Å². The lowest BCUT2D eigenvalue weighted by molar-refractivity contribution is -0.135. The van der Waals surface area contributed by atoms with E-state index in [4.69, 9.17) is 33.0 Å². The summed E-state index contributed by atoms with van der Waals surface area (Å²) >= 11 is 12.3. The van der Waals surface area contributed by atoms with Crippen molar-refractivity contribution in [3.05, 3.63) is 57.3 Å². The highest BCUT2D eigenvalue weighted by atomic mass is 35.5. The van der Waals surface area contributed by atoms with Crippen LogP contribution in [0.1, 0.15) is 35.2 Å². The maximum atomic E-state index is 13.9. The van der Waals surface area contributed by atoms with Gasteiger partial charge in [0, 0.05) is 17.3 Å². The first-order valence-corrected chi connectivity index (χ1v) is 9.75. The fraction of sp³-hybridized carbons (Fsp3) is 0.300. The zero-order chi connectivity index (χ0) is 21.0. The number of anilines is 1. The SMILES string of the molecule is O=C(O)CNC(=O)c1cc(Cl)c(OCc2cc(F)cc(NC3CCC3)c2)c(Cl)c1. The van der Waals surface area contributed by atoms with Crippen molar-refractivity contribution in [3.8, 4) is 5.75 Å². The van der Waals surface area contributed by atoms with Crippen molar-refractivity contribution in [2.75, 3.05) is 11.9 Å². The second kappa shape index (κ2) is 9.33. The van der Waals surface area contributed by atoms with E-state index >= 15 is 0 Å². The van der Waals surface area contributed by atoms with Crippen LogP contribution in [0.3, 0.4) is 0 Å². The molecule has 9 heteroatoms. The lowest BCUT2D eigenvalue weighted by Crippen LogP contribution is -2.29. The second-order valence-corrected chi connectivity index (χ2v) is 7.57. The Kier molecular flexibility index (Phi) is 6.82. The molecule has 1 fully saturated rings. The minimum Gasteiger partial charge on any atom is -0.486 e. The highest BCUT2D eigenvalue weighted by molar-refractivity contribution is 6.37. The van der Waals surface area contributed by atoms with Gasteiger partial charge in [0.25, 0.3) is 5.91 Å². The largest absolute Gasteiger partial charge is 0.486 e. The topological polar surface area (TPSA) is 87.7 Å². The van der Waals surface area contributed by atoms with Crippen molar-refractivity contribution in [2.24, 2.45) is 0 Å². The number of halogens is 3. The lowest BCUT2D eigenvalue weighted by Gasteiger charge is -2.27. The predicted molar refractivity (Wildman–Crippen MR) is 108 cm³/mol. The molecule has 2 aromatic rings. The number of carboxylic acid groups (broad SMARTS) is 1. The average molecular weight is 441 g/mol. The fourth-order valence-electron chi connectivity index (χ4n) is 2.85. The molecule has 0 radical (unpaired) electrons. The van der Waals surface area contributed by atoms with Crippen molar-refractivity contribution in [2.45, 2.75) is 31.9 Å². The van der Waals surface area contributed by atoms with Crippen LogP contribution >= 0.6 is 23.2 Å². The Bertz CT molecular complexity index is 912. The fourth-order valence-corrected chi connectivity index (χ4v) is 3.44. The van der Waals surface area contributed by atoms with Crippen molar-refractivity contribution in [1.82, 2.24) is 5.32 Å². The van der Waals surface area contributed by atoms with Gasteiger partial charge in [-0.2, -0.15) is 0 Å². The quantitative estimate of drug-likeness (QED) is 0.562. The summed E-state index contributed by atoms with van der Waals surface area (Å²) in [4.78, 5) is 22.5. The van der Waals surface area contributed by atoms with Crippen molar-refractivity contribution < 1.29 is 23.8 Å². The molecule has 1 amide bonds. The highest BCUT2D eigenvalue weighted by Crippen LogP contribution is 2.35. The predicted octanol–water partition coefficient (Wildman–Crippen LogP) is 4.49. The van der Waals surface area contributed by atoms with Crippen LogP contribution in [0.4, 0.5) is 10.1 Å². The number of ether oxygens (including phenoxy) is 1. The van der Waals surface area contributed by atoms with Crippen molar-refractivity contribution in [1.29, 1.82) is 0 Å². The molecule has 3 N–H and O–H groups in total. The van der Waals surface area contributed by atoms with Crippen LogP contribution < -0.4 is 15.4 Å². The van der Waals surface area contributed by atoms with E-state index in [-0.39, 0.29) is 33.8 Å². The summed E-state index contributed by atoms with van der Waals surface area (Å²) in [5.74, 6) is -2.02. The number of rotatable bonds is 8. The first-order chi connectivity index (χ1) is 13.8. The Morgan fingerprint density at radius 2 is 1.83 bits per heavy atom. The normalized spacial score (nSPS) is 13.5. The number of benzene rings is 2. The Balaban J connectivity index is 1.68. The molecule has 154 valence electrons. The van der Waals surface area contributed by atoms with E-state index in [1.165, 1.54) is 30.7 Å². The highest BCUT2D eigenvalue weighted by Gasteiger charge is 2.18. The number of carbonyl (C=O) groups is 2. The van der Waals surface area contributed by atoms with Gasteiger partial charge in [0.2, 0.25) is 0 Å². The molecular formula is C20H19Cl2FN2O4. The molecule has 3 rings (SSSR count). The van der Waals surface area contributed by atoms with Crippen LogP contribution in [0, 0.1) is 5.82 Å². The molecule has 0 saturated heterocycles. The standard InChI is InChI=1S/C20H19Cl2FN2O4/c21-16-6-12(20(28)24-9-18(26)27)7-17(22)19(16)29-10-11-4-13(23)8-15(5-11)25-14-2-1-3-14/h4-8,14,25H,1-3,9-10H2,(H,24,28)(H,26,27). The zero-order valence-electron chi connectivity index (χ0n) is 15.3. The second-order valence-electron chi connectivity index (χ2n) is 6.75. The van der Waals surface area contributed by atoms with E-state index < -0.39 is 18.4 Å². The van der Waals surface area contributed by atoms with Crippen LogP contribution in [0.25, 0.3) is 0 Å². The Hall–Kier alpha value is -2.51. The molecule has 1 aliphatic rings. The van der Waals surface area contributed by atoms with Gasteiger partial charge in [-0.1, -0.05) is 23.2 Å². The molecule has 1 saturated carbocycles. The van der Waals surface area contributed by atoms with Gasteiger partial charge >= 0.3 is 5.97 Å². The van der Waals surface area contributed by atoms with E-state index in [1.807, 2.05) is 0 Å². The minimum atomic E-state index is -1.17. The van der Waals surface area contributed by atoms with Crippen molar-refractivity contribution >= 4 is 40.8 Å². The molecular weight excluding hydrogens is 422 g/mol. The van der Waals surface area contributed by atoms with Gasteiger partial charge in [0.05, 0.1) is 10.0 Å². The number of hydrogen-bond acceptors (Lipinski definition) is 4. The maximum absolute atomic E-state index is 13.9. The summed E-state index contributed by atoms with van der Waals surface area (Å²) in [6.45, 7) is -0.496. The summed E-state index contributed by atoms with van der Waals surface area (Å²) in [5, 5.41) is 14.3. The maximum Gasteiger partial charge on any atom is 0.322 e. The van der Waals surface area contributed by atoms with E-state index in [1.54, 1.807) is 6.07 Å². The number of amides is 1. The van der Waals surface area contributed by atoms with Crippen molar-refractivity contribution in [3.63, 3.8) is 0 Å². The Labute approximate surface area is 177 Å². The molecule has 0 aliphatic heterocycles. The monoisotopic (exact) mass is 440 g/mol. The molecule has 0 bridgehead atoms. The number of aliphatic carboxylic acids is 1. The molecule has 0 unspecified atom stereocenters. The summed E-state index contributed by atoms with van der Waals surface area (Å²) < 4.78 is 19.6. The third-order valence-electron chi connectivity index (χ3n) is 4.48. The smallest absolute Gasteiger partial charge is 0.322 e. The van der Waals surface area contributed by atoms with Gasteiger partial charge < -0.3 is 20.5 Å².